The van der Waals surface area contributed by atoms with Crippen molar-refractivity contribution in [3.63, 3.8) is 0 Å². The lowest BCUT2D eigenvalue weighted by Crippen LogP contribution is -2.37. The van der Waals surface area contributed by atoms with Crippen LogP contribution < -0.4 is 0 Å². The standard InChI is InChI=1S/C22H25ClN4OS/c1-16(2)26(14-19-10-7-11-20(23)12-19)21(28)15-29-22-25-24-17(3)27(22)13-18-8-5-4-6-9-18/h4-12,16H,13-15H2,1-3H3. The summed E-state index contributed by atoms with van der Waals surface area (Å²) >= 11 is 7.52. The van der Waals surface area contributed by atoms with Crippen LogP contribution in [0.1, 0.15) is 30.8 Å². The molecule has 5 nitrogen and oxygen atoms in total. The molecule has 1 aromatic heterocycles. The molecule has 1 heterocycles. The van der Waals surface area contributed by atoms with Gasteiger partial charge >= 0.3 is 0 Å². The molecule has 7 heteroatoms. The van der Waals surface area contributed by atoms with Gasteiger partial charge in [-0.05, 0) is 44.0 Å². The van der Waals surface area contributed by atoms with Gasteiger partial charge in [0.25, 0.3) is 0 Å². The van der Waals surface area contributed by atoms with Crippen molar-refractivity contribution in [3.05, 3.63) is 76.6 Å². The third-order valence-electron chi connectivity index (χ3n) is 4.60. The average Bonchev–Trinajstić information content (AvgIpc) is 3.04. The molecule has 0 saturated carbocycles. The molecule has 0 unspecified atom stereocenters. The molecule has 0 bridgehead atoms. The predicted molar refractivity (Wildman–Crippen MR) is 118 cm³/mol. The Labute approximate surface area is 181 Å². The average molecular weight is 429 g/mol. The maximum absolute atomic E-state index is 12.9. The van der Waals surface area contributed by atoms with E-state index in [-0.39, 0.29) is 11.9 Å². The van der Waals surface area contributed by atoms with E-state index < -0.39 is 0 Å². The number of amides is 1. The third-order valence-corrected chi connectivity index (χ3v) is 5.78. The summed E-state index contributed by atoms with van der Waals surface area (Å²) in [6.45, 7) is 7.20. The van der Waals surface area contributed by atoms with Crippen molar-refractivity contribution in [3.8, 4) is 0 Å². The molecule has 152 valence electrons. The lowest BCUT2D eigenvalue weighted by atomic mass is 10.2. The number of hydrogen-bond acceptors (Lipinski definition) is 4. The number of nitrogens with zero attached hydrogens (tertiary/aromatic N) is 4. The second kappa shape index (κ2) is 9.94. The van der Waals surface area contributed by atoms with Crippen LogP contribution in [0.25, 0.3) is 0 Å². The fourth-order valence-electron chi connectivity index (χ4n) is 3.02. The molecule has 0 radical (unpaired) electrons. The first-order valence-electron chi connectivity index (χ1n) is 9.54. The number of thioether (sulfide) groups is 1. The highest BCUT2D eigenvalue weighted by molar-refractivity contribution is 7.99. The van der Waals surface area contributed by atoms with Crippen LogP contribution in [0.4, 0.5) is 0 Å². The number of halogens is 1. The van der Waals surface area contributed by atoms with Crippen LogP contribution in [0.5, 0.6) is 0 Å². The summed E-state index contributed by atoms with van der Waals surface area (Å²) in [4.78, 5) is 14.8. The third kappa shape index (κ3) is 5.84. The van der Waals surface area contributed by atoms with Gasteiger partial charge in [0, 0.05) is 17.6 Å². The number of hydrogen-bond donors (Lipinski definition) is 0. The van der Waals surface area contributed by atoms with E-state index in [9.17, 15) is 4.79 Å². The van der Waals surface area contributed by atoms with Gasteiger partial charge in [0.2, 0.25) is 5.91 Å². The summed E-state index contributed by atoms with van der Waals surface area (Å²) in [6.07, 6.45) is 0. The summed E-state index contributed by atoms with van der Waals surface area (Å²) < 4.78 is 2.05. The molecule has 0 fully saturated rings. The van der Waals surface area contributed by atoms with Crippen molar-refractivity contribution < 1.29 is 4.79 Å². The Morgan fingerprint density at radius 2 is 1.83 bits per heavy atom. The van der Waals surface area contributed by atoms with Crippen molar-refractivity contribution in [1.82, 2.24) is 19.7 Å². The largest absolute Gasteiger partial charge is 0.335 e. The first kappa shape index (κ1) is 21.4. The predicted octanol–water partition coefficient (Wildman–Crippen LogP) is 4.82. The molecular formula is C22H25ClN4OS. The maximum atomic E-state index is 12.9. The van der Waals surface area contributed by atoms with Crippen LogP contribution in [0, 0.1) is 6.92 Å². The molecule has 0 atom stereocenters. The Morgan fingerprint density at radius 1 is 1.10 bits per heavy atom. The molecule has 0 spiro atoms. The molecule has 0 aliphatic rings. The summed E-state index contributed by atoms with van der Waals surface area (Å²) in [5.41, 5.74) is 2.20. The highest BCUT2D eigenvalue weighted by atomic mass is 35.5. The molecular weight excluding hydrogens is 404 g/mol. The number of aryl methyl sites for hydroxylation is 1. The smallest absolute Gasteiger partial charge is 0.233 e. The Balaban J connectivity index is 1.67. The molecule has 0 aliphatic carbocycles. The van der Waals surface area contributed by atoms with Crippen LogP contribution in [-0.2, 0) is 17.9 Å². The highest BCUT2D eigenvalue weighted by Gasteiger charge is 2.19. The van der Waals surface area contributed by atoms with Crippen LogP contribution >= 0.6 is 23.4 Å². The van der Waals surface area contributed by atoms with E-state index in [2.05, 4.69) is 22.3 Å². The van der Waals surface area contributed by atoms with Gasteiger partial charge in [0.1, 0.15) is 5.82 Å². The van der Waals surface area contributed by atoms with Gasteiger partial charge in [0.05, 0.1) is 12.3 Å². The van der Waals surface area contributed by atoms with Gasteiger partial charge in [-0.15, -0.1) is 10.2 Å². The Bertz CT molecular complexity index is 958. The zero-order chi connectivity index (χ0) is 20.8. The first-order valence-corrected chi connectivity index (χ1v) is 10.9. The van der Waals surface area contributed by atoms with Crippen molar-refractivity contribution in [2.45, 2.75) is 45.1 Å². The number of benzene rings is 2. The van der Waals surface area contributed by atoms with Gasteiger partial charge in [-0.25, -0.2) is 0 Å². The lowest BCUT2D eigenvalue weighted by molar-refractivity contribution is -0.130. The second-order valence-corrected chi connectivity index (χ2v) is 8.51. The summed E-state index contributed by atoms with van der Waals surface area (Å²) in [6, 6.07) is 17.9. The molecule has 0 saturated heterocycles. The lowest BCUT2D eigenvalue weighted by Gasteiger charge is -2.27. The molecule has 3 aromatic rings. The minimum atomic E-state index is 0.0666. The van der Waals surface area contributed by atoms with Crippen molar-refractivity contribution in [1.29, 1.82) is 0 Å². The van der Waals surface area contributed by atoms with Gasteiger partial charge in [-0.1, -0.05) is 65.8 Å². The second-order valence-electron chi connectivity index (χ2n) is 7.14. The zero-order valence-electron chi connectivity index (χ0n) is 16.9. The van der Waals surface area contributed by atoms with Gasteiger partial charge in [-0.2, -0.15) is 0 Å². The van der Waals surface area contributed by atoms with Crippen molar-refractivity contribution in [2.24, 2.45) is 0 Å². The molecule has 0 N–H and O–H groups in total. The van der Waals surface area contributed by atoms with E-state index in [0.29, 0.717) is 23.9 Å². The van der Waals surface area contributed by atoms with Gasteiger partial charge < -0.3 is 9.47 Å². The highest BCUT2D eigenvalue weighted by Crippen LogP contribution is 2.21. The fraction of sp³-hybridized carbons (Fsp3) is 0.318. The quantitative estimate of drug-likeness (QED) is 0.483. The van der Waals surface area contributed by atoms with Crippen LogP contribution in [-0.4, -0.2) is 37.4 Å². The minimum Gasteiger partial charge on any atom is -0.335 e. The van der Waals surface area contributed by atoms with E-state index >= 15 is 0 Å². The minimum absolute atomic E-state index is 0.0666. The molecule has 3 rings (SSSR count). The monoisotopic (exact) mass is 428 g/mol. The number of aromatic nitrogens is 3. The van der Waals surface area contributed by atoms with E-state index in [0.717, 1.165) is 16.5 Å². The molecule has 2 aromatic carbocycles. The van der Waals surface area contributed by atoms with E-state index in [4.69, 9.17) is 11.6 Å². The normalized spacial score (nSPS) is 11.1. The van der Waals surface area contributed by atoms with Crippen LogP contribution in [0.2, 0.25) is 5.02 Å². The SMILES string of the molecule is Cc1nnc(SCC(=O)N(Cc2cccc(Cl)c2)C(C)C)n1Cc1ccccc1. The summed E-state index contributed by atoms with van der Waals surface area (Å²) in [7, 11) is 0. The van der Waals surface area contributed by atoms with E-state index in [1.165, 1.54) is 17.3 Å². The van der Waals surface area contributed by atoms with E-state index in [1.54, 1.807) is 0 Å². The van der Waals surface area contributed by atoms with Crippen molar-refractivity contribution in [2.75, 3.05) is 5.75 Å². The van der Waals surface area contributed by atoms with E-state index in [1.807, 2.05) is 72.7 Å². The summed E-state index contributed by atoms with van der Waals surface area (Å²) in [5.74, 6) is 1.21. The molecule has 0 aliphatic heterocycles. The number of rotatable bonds is 8. The van der Waals surface area contributed by atoms with Crippen LogP contribution in [0.3, 0.4) is 0 Å². The van der Waals surface area contributed by atoms with Gasteiger partial charge in [-0.3, -0.25) is 4.79 Å². The Morgan fingerprint density at radius 3 is 2.52 bits per heavy atom. The molecule has 1 amide bonds. The van der Waals surface area contributed by atoms with Crippen LogP contribution in [0.15, 0.2) is 59.8 Å². The first-order chi connectivity index (χ1) is 13.9. The van der Waals surface area contributed by atoms with Crippen molar-refractivity contribution >= 4 is 29.3 Å². The fourth-order valence-corrected chi connectivity index (χ4v) is 4.10. The maximum Gasteiger partial charge on any atom is 0.233 e. The Hall–Kier alpha value is -2.31. The van der Waals surface area contributed by atoms with Gasteiger partial charge in [0.15, 0.2) is 5.16 Å². The molecule has 29 heavy (non-hydrogen) atoms. The Kier molecular flexibility index (Phi) is 7.34. The zero-order valence-corrected chi connectivity index (χ0v) is 18.5. The summed E-state index contributed by atoms with van der Waals surface area (Å²) in [5, 5.41) is 9.91. The topological polar surface area (TPSA) is 51.0 Å². The number of carbonyl (C=O) groups excluding carboxylic acids is 1. The number of carbonyl (C=O) groups is 1.